The number of hydrogen-bond acceptors (Lipinski definition) is 4. The van der Waals surface area contributed by atoms with Crippen LogP contribution in [0.5, 0.6) is 11.5 Å². The molecule has 1 N–H and O–H groups in total. The zero-order valence-electron chi connectivity index (χ0n) is 15.1. The molecule has 2 rings (SSSR count). The van der Waals surface area contributed by atoms with Crippen molar-refractivity contribution in [3.05, 3.63) is 54.1 Å². The number of ether oxygens (including phenoxy) is 2. The Morgan fingerprint density at radius 3 is 2.12 bits per heavy atom. The van der Waals surface area contributed by atoms with Gasteiger partial charge in [-0.3, -0.25) is 4.79 Å². The largest absolute Gasteiger partial charge is 0.497 e. The second-order valence-corrected chi connectivity index (χ2v) is 5.81. The van der Waals surface area contributed by atoms with E-state index in [1.165, 1.54) is 0 Å². The maximum atomic E-state index is 12.9. The van der Waals surface area contributed by atoms with E-state index in [1.807, 2.05) is 31.2 Å². The molecule has 0 aromatic heterocycles. The average molecular weight is 357 g/mol. The van der Waals surface area contributed by atoms with E-state index in [4.69, 9.17) is 14.6 Å². The molecular formula is C20H23NO5. The number of carboxylic acids is 1. The fourth-order valence-electron chi connectivity index (χ4n) is 2.66. The standard InChI is InChI=1S/C20H23NO5/c1-4-18(14-5-9-16(25-3)10-6-14)20(24)21(2)15-7-11-17(12-8-15)26-13-19(22)23/h5-12,18H,4,13H2,1-3H3,(H,22,23). The SMILES string of the molecule is CCC(C(=O)N(C)c1ccc(OCC(=O)O)cc1)c1ccc(OC)cc1. The Morgan fingerprint density at radius 2 is 1.62 bits per heavy atom. The van der Waals surface area contributed by atoms with Crippen molar-refractivity contribution in [2.75, 3.05) is 25.7 Å². The maximum Gasteiger partial charge on any atom is 0.341 e. The molecule has 26 heavy (non-hydrogen) atoms. The van der Waals surface area contributed by atoms with Gasteiger partial charge in [0, 0.05) is 12.7 Å². The van der Waals surface area contributed by atoms with Gasteiger partial charge in [0.05, 0.1) is 13.0 Å². The second kappa shape index (κ2) is 8.89. The van der Waals surface area contributed by atoms with Crippen LogP contribution in [0.2, 0.25) is 0 Å². The number of hydrogen-bond donors (Lipinski definition) is 1. The Balaban J connectivity index is 2.11. The van der Waals surface area contributed by atoms with Crippen LogP contribution in [0.15, 0.2) is 48.5 Å². The van der Waals surface area contributed by atoms with Crippen molar-refractivity contribution in [1.82, 2.24) is 0 Å². The molecule has 0 saturated heterocycles. The lowest BCUT2D eigenvalue weighted by Crippen LogP contribution is -2.31. The van der Waals surface area contributed by atoms with Gasteiger partial charge in [-0.1, -0.05) is 19.1 Å². The van der Waals surface area contributed by atoms with Crippen molar-refractivity contribution < 1.29 is 24.2 Å². The zero-order valence-corrected chi connectivity index (χ0v) is 15.1. The molecule has 1 unspecified atom stereocenters. The second-order valence-electron chi connectivity index (χ2n) is 5.81. The van der Waals surface area contributed by atoms with Crippen LogP contribution in [0.4, 0.5) is 5.69 Å². The van der Waals surface area contributed by atoms with E-state index in [2.05, 4.69) is 0 Å². The number of carbonyl (C=O) groups excluding carboxylic acids is 1. The van der Waals surface area contributed by atoms with E-state index in [0.29, 0.717) is 17.9 Å². The predicted molar refractivity (Wildman–Crippen MR) is 99.0 cm³/mol. The van der Waals surface area contributed by atoms with Gasteiger partial charge >= 0.3 is 5.97 Å². The minimum Gasteiger partial charge on any atom is -0.497 e. The van der Waals surface area contributed by atoms with Crippen LogP contribution in [0.25, 0.3) is 0 Å². The molecule has 2 aromatic carbocycles. The summed E-state index contributed by atoms with van der Waals surface area (Å²) in [5, 5.41) is 8.63. The van der Waals surface area contributed by atoms with Crippen molar-refractivity contribution in [3.63, 3.8) is 0 Å². The lowest BCUT2D eigenvalue weighted by atomic mass is 9.95. The highest BCUT2D eigenvalue weighted by atomic mass is 16.5. The summed E-state index contributed by atoms with van der Waals surface area (Å²) < 4.78 is 10.3. The zero-order chi connectivity index (χ0) is 19.1. The molecule has 1 amide bonds. The van der Waals surface area contributed by atoms with Crippen LogP contribution in [-0.4, -0.2) is 37.7 Å². The molecule has 2 aromatic rings. The normalized spacial score (nSPS) is 11.5. The number of likely N-dealkylation sites (N-methyl/N-ethyl adjacent to an activating group) is 1. The molecule has 6 nitrogen and oxygen atoms in total. The molecule has 138 valence electrons. The summed E-state index contributed by atoms with van der Waals surface area (Å²) >= 11 is 0. The van der Waals surface area contributed by atoms with Gasteiger partial charge in [0.25, 0.3) is 0 Å². The van der Waals surface area contributed by atoms with Crippen LogP contribution in [0.1, 0.15) is 24.8 Å². The molecule has 0 spiro atoms. The number of benzene rings is 2. The van der Waals surface area contributed by atoms with Gasteiger partial charge in [-0.05, 0) is 48.4 Å². The minimum absolute atomic E-state index is 0.0168. The number of carboxylic acid groups (broad SMARTS) is 1. The quantitative estimate of drug-likeness (QED) is 0.784. The average Bonchev–Trinajstić information content (AvgIpc) is 2.67. The Hall–Kier alpha value is -3.02. The van der Waals surface area contributed by atoms with Gasteiger partial charge in [0.1, 0.15) is 11.5 Å². The highest BCUT2D eigenvalue weighted by molar-refractivity contribution is 5.97. The lowest BCUT2D eigenvalue weighted by molar-refractivity contribution is -0.139. The number of amides is 1. The summed E-state index contributed by atoms with van der Waals surface area (Å²) in [6.45, 7) is 1.58. The fourth-order valence-corrected chi connectivity index (χ4v) is 2.66. The highest BCUT2D eigenvalue weighted by Crippen LogP contribution is 2.27. The molecule has 1 atom stereocenters. The van der Waals surface area contributed by atoms with Crippen LogP contribution >= 0.6 is 0 Å². The van der Waals surface area contributed by atoms with E-state index >= 15 is 0 Å². The van der Waals surface area contributed by atoms with E-state index < -0.39 is 12.6 Å². The summed E-state index contributed by atoms with van der Waals surface area (Å²) in [7, 11) is 3.33. The third-order valence-electron chi connectivity index (χ3n) is 4.14. The van der Waals surface area contributed by atoms with Crippen molar-refractivity contribution in [2.45, 2.75) is 19.3 Å². The number of anilines is 1. The Kier molecular flexibility index (Phi) is 6.60. The Labute approximate surface area is 153 Å². The van der Waals surface area contributed by atoms with E-state index in [1.54, 1.807) is 43.3 Å². The summed E-state index contributed by atoms with van der Waals surface area (Å²) in [6.07, 6.45) is 0.676. The van der Waals surface area contributed by atoms with E-state index in [0.717, 1.165) is 11.3 Å². The highest BCUT2D eigenvalue weighted by Gasteiger charge is 2.23. The number of methoxy groups -OCH3 is 1. The molecule has 0 aliphatic carbocycles. The molecular weight excluding hydrogens is 334 g/mol. The van der Waals surface area contributed by atoms with Crippen LogP contribution in [0, 0.1) is 0 Å². The summed E-state index contributed by atoms with van der Waals surface area (Å²) in [5.41, 5.74) is 1.65. The third-order valence-corrected chi connectivity index (χ3v) is 4.14. The molecule has 0 heterocycles. The first-order valence-electron chi connectivity index (χ1n) is 8.32. The van der Waals surface area contributed by atoms with Crippen molar-refractivity contribution in [3.8, 4) is 11.5 Å². The van der Waals surface area contributed by atoms with Gasteiger partial charge < -0.3 is 19.5 Å². The summed E-state index contributed by atoms with van der Waals surface area (Å²) in [5.74, 6) is -0.113. The first-order valence-corrected chi connectivity index (χ1v) is 8.32. The van der Waals surface area contributed by atoms with Crippen LogP contribution in [0.3, 0.4) is 0 Å². The summed E-state index contributed by atoms with van der Waals surface area (Å²) in [6, 6.07) is 14.3. The van der Waals surface area contributed by atoms with Crippen molar-refractivity contribution >= 4 is 17.6 Å². The molecule has 0 radical (unpaired) electrons. The molecule has 0 aliphatic heterocycles. The number of carbonyl (C=O) groups is 2. The lowest BCUT2D eigenvalue weighted by Gasteiger charge is -2.24. The predicted octanol–water partition coefficient (Wildman–Crippen LogP) is 3.32. The third kappa shape index (κ3) is 4.75. The van der Waals surface area contributed by atoms with Crippen molar-refractivity contribution in [1.29, 1.82) is 0 Å². The van der Waals surface area contributed by atoms with Gasteiger partial charge in [0.2, 0.25) is 5.91 Å². The number of rotatable bonds is 8. The smallest absolute Gasteiger partial charge is 0.341 e. The van der Waals surface area contributed by atoms with Crippen LogP contribution in [-0.2, 0) is 9.59 Å². The van der Waals surface area contributed by atoms with Gasteiger partial charge in [-0.2, -0.15) is 0 Å². The van der Waals surface area contributed by atoms with Gasteiger partial charge in [0.15, 0.2) is 6.61 Å². The maximum absolute atomic E-state index is 12.9. The minimum atomic E-state index is -1.04. The fraction of sp³-hybridized carbons (Fsp3) is 0.300. The van der Waals surface area contributed by atoms with Gasteiger partial charge in [-0.25, -0.2) is 4.79 Å². The first-order chi connectivity index (χ1) is 12.5. The first kappa shape index (κ1) is 19.3. The van der Waals surface area contributed by atoms with E-state index in [-0.39, 0.29) is 11.8 Å². The molecule has 0 bridgehead atoms. The molecule has 0 fully saturated rings. The Bertz CT molecular complexity index is 740. The topological polar surface area (TPSA) is 76.1 Å². The van der Waals surface area contributed by atoms with Crippen LogP contribution < -0.4 is 14.4 Å². The summed E-state index contributed by atoms with van der Waals surface area (Å²) in [4.78, 5) is 25.0. The van der Waals surface area contributed by atoms with E-state index in [9.17, 15) is 9.59 Å². The molecule has 6 heteroatoms. The Morgan fingerprint density at radius 1 is 1.04 bits per heavy atom. The monoisotopic (exact) mass is 357 g/mol. The molecule has 0 aliphatic rings. The van der Waals surface area contributed by atoms with Gasteiger partial charge in [-0.15, -0.1) is 0 Å². The van der Waals surface area contributed by atoms with Crippen molar-refractivity contribution in [2.24, 2.45) is 0 Å². The number of nitrogens with zero attached hydrogens (tertiary/aromatic N) is 1. The molecule has 0 saturated carbocycles. The number of aliphatic carboxylic acids is 1.